The lowest BCUT2D eigenvalue weighted by Crippen LogP contribution is -2.40. The molecule has 0 spiro atoms. The summed E-state index contributed by atoms with van der Waals surface area (Å²) in [7, 11) is 0. The fraction of sp³-hybridized carbons (Fsp3) is 0.476. The van der Waals surface area contributed by atoms with Crippen LogP contribution >= 0.6 is 0 Å². The Kier molecular flexibility index (Phi) is 5.24. The number of hydrogen-bond donors (Lipinski definition) is 2. The quantitative estimate of drug-likeness (QED) is 0.641. The zero-order valence-corrected chi connectivity index (χ0v) is 16.2. The van der Waals surface area contributed by atoms with E-state index in [0.717, 1.165) is 18.5 Å². The number of anilines is 1. The van der Waals surface area contributed by atoms with Gasteiger partial charge in [-0.2, -0.15) is 0 Å². The van der Waals surface area contributed by atoms with Gasteiger partial charge in [0.1, 0.15) is 11.5 Å². The van der Waals surface area contributed by atoms with Gasteiger partial charge in [-0.1, -0.05) is 26.7 Å². The monoisotopic (exact) mass is 385 g/mol. The summed E-state index contributed by atoms with van der Waals surface area (Å²) in [5, 5.41) is 3.90. The highest BCUT2D eigenvalue weighted by Crippen LogP contribution is 2.42. The minimum atomic E-state index is -0.459. The molecule has 0 aromatic carbocycles. The van der Waals surface area contributed by atoms with Crippen LogP contribution in [0.5, 0.6) is 0 Å². The van der Waals surface area contributed by atoms with Crippen LogP contribution in [0.1, 0.15) is 46.0 Å². The summed E-state index contributed by atoms with van der Waals surface area (Å²) in [6.45, 7) is 4.00. The average Bonchev–Trinajstić information content (AvgIpc) is 3.15. The summed E-state index contributed by atoms with van der Waals surface area (Å²) in [4.78, 5) is 15.5. The predicted molar refractivity (Wildman–Crippen MR) is 106 cm³/mol. The first-order valence-corrected chi connectivity index (χ1v) is 10.1. The zero-order valence-electron chi connectivity index (χ0n) is 16.2. The fourth-order valence-corrected chi connectivity index (χ4v) is 4.49. The Hall–Kier alpha value is -2.57. The molecule has 148 valence electrons. The minimum absolute atomic E-state index is 0.228. The molecule has 6 rings (SSSR count). The Labute approximate surface area is 163 Å². The van der Waals surface area contributed by atoms with Crippen LogP contribution in [0.2, 0.25) is 0 Å². The highest BCUT2D eigenvalue weighted by Gasteiger charge is 2.36. The van der Waals surface area contributed by atoms with E-state index in [2.05, 4.69) is 25.3 Å². The van der Waals surface area contributed by atoms with Crippen LogP contribution < -0.4 is 5.32 Å². The molecule has 3 heterocycles. The van der Waals surface area contributed by atoms with Gasteiger partial charge in [0.25, 0.3) is 0 Å². The molecule has 5 nitrogen and oxygen atoms in total. The Morgan fingerprint density at radius 2 is 1.86 bits per heavy atom. The first-order valence-electron chi connectivity index (χ1n) is 10.1. The third-order valence-electron chi connectivity index (χ3n) is 5.85. The van der Waals surface area contributed by atoms with Crippen molar-refractivity contribution in [2.24, 2.45) is 11.8 Å². The van der Waals surface area contributed by atoms with Crippen LogP contribution in [-0.2, 0) is 0 Å². The Morgan fingerprint density at radius 1 is 1.07 bits per heavy atom. The number of H-pyrrole nitrogens is 1. The van der Waals surface area contributed by atoms with Crippen LogP contribution in [0.15, 0.2) is 24.7 Å². The van der Waals surface area contributed by atoms with Crippen molar-refractivity contribution < 1.29 is 8.78 Å². The van der Waals surface area contributed by atoms with Crippen LogP contribution in [-0.4, -0.2) is 26.0 Å². The van der Waals surface area contributed by atoms with E-state index in [1.165, 1.54) is 37.9 Å². The molecule has 3 aliphatic rings. The number of nitrogens with zero attached hydrogens (tertiary/aromatic N) is 3. The van der Waals surface area contributed by atoms with Gasteiger partial charge in [0.2, 0.25) is 0 Å². The maximum Gasteiger partial charge on any atom is 0.183 e. The van der Waals surface area contributed by atoms with Crippen LogP contribution in [0.4, 0.5) is 14.6 Å². The molecule has 2 N–H and O–H groups in total. The third-order valence-corrected chi connectivity index (χ3v) is 5.85. The second kappa shape index (κ2) is 7.81. The smallest absolute Gasteiger partial charge is 0.183 e. The van der Waals surface area contributed by atoms with Gasteiger partial charge in [-0.25, -0.2) is 23.7 Å². The summed E-state index contributed by atoms with van der Waals surface area (Å²) >= 11 is 0. The molecule has 1 atom stereocenters. The van der Waals surface area contributed by atoms with E-state index >= 15 is 0 Å². The highest BCUT2D eigenvalue weighted by molar-refractivity contribution is 5.91. The number of halogens is 2. The lowest BCUT2D eigenvalue weighted by molar-refractivity contribution is 0.157. The van der Waals surface area contributed by atoms with Crippen molar-refractivity contribution in [2.45, 2.75) is 52.0 Å². The molecule has 3 aromatic rings. The van der Waals surface area contributed by atoms with Crippen molar-refractivity contribution in [2.75, 3.05) is 5.32 Å². The molecular weight excluding hydrogens is 360 g/mol. The van der Waals surface area contributed by atoms with Gasteiger partial charge in [-0.15, -0.1) is 0 Å². The molecule has 3 fully saturated rings. The Bertz CT molecular complexity index is 963. The van der Waals surface area contributed by atoms with Crippen molar-refractivity contribution in [3.05, 3.63) is 36.3 Å². The molecule has 0 radical (unpaired) electrons. The van der Waals surface area contributed by atoms with Crippen LogP contribution in [0, 0.1) is 23.5 Å². The van der Waals surface area contributed by atoms with Crippen molar-refractivity contribution in [3.63, 3.8) is 0 Å². The molecule has 7 heteroatoms. The molecule has 0 amide bonds. The Balaban J connectivity index is 0.000000932. The van der Waals surface area contributed by atoms with Gasteiger partial charge in [0.05, 0.1) is 12.4 Å². The van der Waals surface area contributed by atoms with E-state index in [1.54, 1.807) is 6.20 Å². The van der Waals surface area contributed by atoms with E-state index in [9.17, 15) is 8.78 Å². The second-order valence-corrected chi connectivity index (χ2v) is 7.41. The average molecular weight is 385 g/mol. The molecule has 0 aliphatic heterocycles. The largest absolute Gasteiger partial charge is 0.364 e. The second-order valence-electron chi connectivity index (χ2n) is 7.41. The maximum absolute atomic E-state index is 14.3. The summed E-state index contributed by atoms with van der Waals surface area (Å²) in [5.41, 5.74) is 1.16. The van der Waals surface area contributed by atoms with Gasteiger partial charge < -0.3 is 10.3 Å². The molecular formula is C21H25F2N5. The molecule has 0 saturated heterocycles. The number of pyridine rings is 1. The first kappa shape index (κ1) is 18.8. The van der Waals surface area contributed by atoms with E-state index in [1.807, 2.05) is 13.8 Å². The van der Waals surface area contributed by atoms with Gasteiger partial charge in [0, 0.05) is 23.2 Å². The number of nitrogens with one attached hydrogen (secondary N) is 2. The van der Waals surface area contributed by atoms with E-state index in [4.69, 9.17) is 0 Å². The van der Waals surface area contributed by atoms with Crippen molar-refractivity contribution in [1.82, 2.24) is 19.9 Å². The summed E-state index contributed by atoms with van der Waals surface area (Å²) < 4.78 is 27.9. The first-order chi connectivity index (χ1) is 13.7. The van der Waals surface area contributed by atoms with Gasteiger partial charge in [-0.05, 0) is 37.2 Å². The molecule has 2 bridgehead atoms. The molecule has 0 unspecified atom stereocenters. The number of aromatic nitrogens is 4. The lowest BCUT2D eigenvalue weighted by Gasteiger charge is -2.42. The standard InChI is InChI=1S/C19H19F2N5.C2H6/c20-12-6-13-14(8-23-17(13)22-7-12)18-24-9-15(21)19(26-18)25-16-5-10-1-3-11(16)4-2-10;1-2/h6-11,16H,1-5H2,(H,22,23)(H,24,25,26);1-2H3/t10?,11?,16-;/m1./s1. The van der Waals surface area contributed by atoms with Gasteiger partial charge in [0.15, 0.2) is 17.5 Å². The molecule has 3 saturated carbocycles. The fourth-order valence-electron chi connectivity index (χ4n) is 4.49. The molecule has 28 heavy (non-hydrogen) atoms. The van der Waals surface area contributed by atoms with Gasteiger partial charge >= 0.3 is 0 Å². The van der Waals surface area contributed by atoms with Crippen molar-refractivity contribution in [1.29, 1.82) is 0 Å². The highest BCUT2D eigenvalue weighted by atomic mass is 19.1. The number of aromatic amines is 1. The Morgan fingerprint density at radius 3 is 2.57 bits per heavy atom. The number of rotatable bonds is 3. The normalized spacial score (nSPS) is 23.4. The predicted octanol–water partition coefficient (Wildman–Crippen LogP) is 5.31. The maximum atomic E-state index is 14.3. The van der Waals surface area contributed by atoms with Crippen molar-refractivity contribution in [3.8, 4) is 11.4 Å². The minimum Gasteiger partial charge on any atom is -0.364 e. The number of fused-ring (bicyclic) bond motifs is 4. The molecule has 3 aliphatic carbocycles. The van der Waals surface area contributed by atoms with E-state index in [0.29, 0.717) is 28.3 Å². The topological polar surface area (TPSA) is 66.5 Å². The lowest BCUT2D eigenvalue weighted by atomic mass is 9.68. The number of hydrogen-bond acceptors (Lipinski definition) is 4. The third kappa shape index (κ3) is 3.45. The zero-order chi connectivity index (χ0) is 19.7. The summed E-state index contributed by atoms with van der Waals surface area (Å²) in [6, 6.07) is 1.65. The van der Waals surface area contributed by atoms with Gasteiger partial charge in [-0.3, -0.25) is 0 Å². The van der Waals surface area contributed by atoms with E-state index in [-0.39, 0.29) is 11.9 Å². The summed E-state index contributed by atoms with van der Waals surface area (Å²) in [5.74, 6) is 1.02. The summed E-state index contributed by atoms with van der Waals surface area (Å²) in [6.07, 6.45) is 10.1. The van der Waals surface area contributed by atoms with Crippen LogP contribution in [0.25, 0.3) is 22.4 Å². The van der Waals surface area contributed by atoms with E-state index < -0.39 is 11.6 Å². The molecule has 3 aromatic heterocycles. The van der Waals surface area contributed by atoms with Crippen molar-refractivity contribution >= 4 is 16.9 Å². The SMILES string of the molecule is CC.Fc1cnc2[nH]cc(-c3ncc(F)c(N[C@@H]4CC5CCC4CC5)n3)c2c1. The van der Waals surface area contributed by atoms with Crippen LogP contribution in [0.3, 0.4) is 0 Å².